The summed E-state index contributed by atoms with van der Waals surface area (Å²) in [5.74, 6) is 0. The zero-order chi connectivity index (χ0) is 9.53. The molecule has 0 aliphatic heterocycles. The maximum absolute atomic E-state index is 10.2. The molecular weight excluding hydrogens is 168 g/mol. The van der Waals surface area contributed by atoms with Gasteiger partial charge in [-0.3, -0.25) is 0 Å². The molecule has 3 nitrogen and oxygen atoms in total. The molecule has 2 aliphatic carbocycles. The average Bonchev–Trinajstić information content (AvgIpc) is 2.01. The van der Waals surface area contributed by atoms with Gasteiger partial charge in [-0.15, -0.1) is 0 Å². The Kier molecular flexibility index (Phi) is 2.13. The van der Waals surface area contributed by atoms with Gasteiger partial charge < -0.3 is 14.9 Å². The smallest absolute Gasteiger partial charge is 0.0727 e. The molecule has 2 saturated carbocycles. The highest BCUT2D eigenvalue weighted by Gasteiger charge is 2.59. The average molecular weight is 186 g/mol. The van der Waals surface area contributed by atoms with Crippen molar-refractivity contribution < 1.29 is 14.9 Å². The molecule has 0 heterocycles. The van der Waals surface area contributed by atoms with E-state index in [1.165, 1.54) is 0 Å². The van der Waals surface area contributed by atoms with Crippen LogP contribution in [-0.4, -0.2) is 35.6 Å². The Bertz CT molecular complexity index is 192. The van der Waals surface area contributed by atoms with E-state index in [1.807, 2.05) is 0 Å². The van der Waals surface area contributed by atoms with E-state index in [-0.39, 0.29) is 18.1 Å². The van der Waals surface area contributed by atoms with Crippen LogP contribution in [0.15, 0.2) is 0 Å². The number of aliphatic hydroxyl groups excluding tert-OH is 1. The highest BCUT2D eigenvalue weighted by Crippen LogP contribution is 2.57. The van der Waals surface area contributed by atoms with Gasteiger partial charge >= 0.3 is 0 Å². The van der Waals surface area contributed by atoms with Crippen molar-refractivity contribution >= 4 is 0 Å². The molecule has 0 radical (unpaired) electrons. The summed E-state index contributed by atoms with van der Waals surface area (Å²) in [6, 6.07) is 0. The van der Waals surface area contributed by atoms with Gasteiger partial charge in [0.15, 0.2) is 0 Å². The summed E-state index contributed by atoms with van der Waals surface area (Å²) in [5.41, 5.74) is -0.831. The van der Waals surface area contributed by atoms with Crippen LogP contribution in [-0.2, 0) is 4.74 Å². The first-order chi connectivity index (χ1) is 6.16. The predicted octanol–water partition coefficient (Wildman–Crippen LogP) is 0.689. The van der Waals surface area contributed by atoms with E-state index in [1.54, 1.807) is 7.11 Å². The molecule has 2 aliphatic rings. The SMILES string of the molecule is COC1CC(CO)(C2(O)CCC2)C1. The van der Waals surface area contributed by atoms with Crippen molar-refractivity contribution in [1.29, 1.82) is 0 Å². The number of rotatable bonds is 3. The lowest BCUT2D eigenvalue weighted by Gasteiger charge is -2.59. The summed E-state index contributed by atoms with van der Waals surface area (Å²) in [4.78, 5) is 0. The van der Waals surface area contributed by atoms with Gasteiger partial charge in [0, 0.05) is 12.5 Å². The predicted molar refractivity (Wildman–Crippen MR) is 48.4 cm³/mol. The van der Waals surface area contributed by atoms with E-state index in [0.717, 1.165) is 32.1 Å². The molecule has 0 bridgehead atoms. The van der Waals surface area contributed by atoms with Crippen LogP contribution < -0.4 is 0 Å². The van der Waals surface area contributed by atoms with Crippen molar-refractivity contribution in [1.82, 2.24) is 0 Å². The molecule has 0 atom stereocenters. The van der Waals surface area contributed by atoms with E-state index in [9.17, 15) is 10.2 Å². The van der Waals surface area contributed by atoms with Crippen molar-refractivity contribution in [3.63, 3.8) is 0 Å². The summed E-state index contributed by atoms with van der Waals surface area (Å²) in [6.07, 6.45) is 4.67. The van der Waals surface area contributed by atoms with E-state index >= 15 is 0 Å². The van der Waals surface area contributed by atoms with Crippen LogP contribution in [0.1, 0.15) is 32.1 Å². The molecular formula is C10H18O3. The second-order valence-electron chi connectivity index (χ2n) is 4.59. The van der Waals surface area contributed by atoms with Gasteiger partial charge in [0.25, 0.3) is 0 Å². The first-order valence-corrected chi connectivity index (χ1v) is 5.02. The minimum atomic E-state index is -0.587. The standard InChI is InChI=1S/C10H18O3/c1-13-8-5-9(6-8,7-11)10(12)3-2-4-10/h8,11-12H,2-7H2,1H3. The molecule has 0 aromatic carbocycles. The molecule has 0 aromatic rings. The van der Waals surface area contributed by atoms with Gasteiger partial charge in [-0.2, -0.15) is 0 Å². The number of ether oxygens (including phenoxy) is 1. The first kappa shape index (κ1) is 9.44. The molecule has 0 unspecified atom stereocenters. The largest absolute Gasteiger partial charge is 0.396 e. The highest BCUT2D eigenvalue weighted by molar-refractivity contribution is 5.10. The number of aliphatic hydroxyl groups is 2. The van der Waals surface area contributed by atoms with Gasteiger partial charge in [-0.1, -0.05) is 0 Å². The van der Waals surface area contributed by atoms with Crippen LogP contribution in [0.2, 0.25) is 0 Å². The molecule has 0 saturated heterocycles. The minimum absolute atomic E-state index is 0.101. The summed E-state index contributed by atoms with van der Waals surface area (Å²) in [5, 5.41) is 19.5. The Morgan fingerprint density at radius 1 is 1.38 bits per heavy atom. The van der Waals surface area contributed by atoms with Gasteiger partial charge in [0.2, 0.25) is 0 Å². The summed E-state index contributed by atoms with van der Waals surface area (Å²) in [7, 11) is 1.69. The molecule has 0 spiro atoms. The zero-order valence-electron chi connectivity index (χ0n) is 8.12. The van der Waals surface area contributed by atoms with Crippen LogP contribution in [0.5, 0.6) is 0 Å². The molecule has 3 heteroatoms. The summed E-state index contributed by atoms with van der Waals surface area (Å²) < 4.78 is 5.18. The lowest BCUT2D eigenvalue weighted by atomic mass is 9.51. The van der Waals surface area contributed by atoms with Gasteiger partial charge in [-0.05, 0) is 32.1 Å². The summed E-state index contributed by atoms with van der Waals surface area (Å²) in [6.45, 7) is 0.101. The highest BCUT2D eigenvalue weighted by atomic mass is 16.5. The topological polar surface area (TPSA) is 49.7 Å². The quantitative estimate of drug-likeness (QED) is 0.681. The Morgan fingerprint density at radius 2 is 2.00 bits per heavy atom. The minimum Gasteiger partial charge on any atom is -0.396 e. The lowest BCUT2D eigenvalue weighted by Crippen LogP contribution is -2.63. The monoisotopic (exact) mass is 186 g/mol. The van der Waals surface area contributed by atoms with E-state index in [0.29, 0.717) is 0 Å². The molecule has 13 heavy (non-hydrogen) atoms. The van der Waals surface area contributed by atoms with Crippen LogP contribution in [0.25, 0.3) is 0 Å². The van der Waals surface area contributed by atoms with E-state index in [2.05, 4.69) is 0 Å². The second-order valence-corrected chi connectivity index (χ2v) is 4.59. The Hall–Kier alpha value is -0.120. The molecule has 0 amide bonds. The Labute approximate surface area is 78.7 Å². The van der Waals surface area contributed by atoms with E-state index in [4.69, 9.17) is 4.74 Å². The molecule has 76 valence electrons. The molecule has 2 N–H and O–H groups in total. The normalized spacial score (nSPS) is 42.2. The lowest BCUT2D eigenvalue weighted by molar-refractivity contribution is -0.227. The maximum Gasteiger partial charge on any atom is 0.0727 e. The van der Waals surface area contributed by atoms with Crippen molar-refractivity contribution in [2.24, 2.45) is 5.41 Å². The van der Waals surface area contributed by atoms with E-state index < -0.39 is 5.60 Å². The molecule has 2 fully saturated rings. The number of methoxy groups -OCH3 is 1. The second kappa shape index (κ2) is 2.94. The van der Waals surface area contributed by atoms with Crippen molar-refractivity contribution in [2.75, 3.05) is 13.7 Å². The summed E-state index contributed by atoms with van der Waals surface area (Å²) >= 11 is 0. The van der Waals surface area contributed by atoms with Gasteiger partial charge in [-0.25, -0.2) is 0 Å². The van der Waals surface area contributed by atoms with Crippen molar-refractivity contribution in [2.45, 2.75) is 43.8 Å². The van der Waals surface area contributed by atoms with Gasteiger partial charge in [0.05, 0.1) is 18.3 Å². The maximum atomic E-state index is 10.2. The molecule has 2 rings (SSSR count). The molecule has 0 aromatic heterocycles. The third-order valence-electron chi connectivity index (χ3n) is 4.04. The fourth-order valence-electron chi connectivity index (χ4n) is 2.68. The van der Waals surface area contributed by atoms with Crippen molar-refractivity contribution in [3.05, 3.63) is 0 Å². The third-order valence-corrected chi connectivity index (χ3v) is 4.04. The Morgan fingerprint density at radius 3 is 2.31 bits per heavy atom. The fraction of sp³-hybridized carbons (Fsp3) is 1.00. The Balaban J connectivity index is 2.02. The fourth-order valence-corrected chi connectivity index (χ4v) is 2.68. The van der Waals surface area contributed by atoms with Crippen LogP contribution in [0.3, 0.4) is 0 Å². The number of hydrogen-bond donors (Lipinski definition) is 2. The van der Waals surface area contributed by atoms with Gasteiger partial charge in [0.1, 0.15) is 0 Å². The van der Waals surface area contributed by atoms with Crippen LogP contribution in [0.4, 0.5) is 0 Å². The van der Waals surface area contributed by atoms with Crippen LogP contribution >= 0.6 is 0 Å². The van der Waals surface area contributed by atoms with Crippen LogP contribution in [0, 0.1) is 5.41 Å². The number of hydrogen-bond acceptors (Lipinski definition) is 3. The van der Waals surface area contributed by atoms with Crippen molar-refractivity contribution in [3.8, 4) is 0 Å². The first-order valence-electron chi connectivity index (χ1n) is 5.02. The zero-order valence-corrected chi connectivity index (χ0v) is 8.12. The third kappa shape index (κ3) is 1.14.